The van der Waals surface area contributed by atoms with Crippen molar-refractivity contribution in [1.82, 2.24) is 9.78 Å². The van der Waals surface area contributed by atoms with E-state index in [1.165, 1.54) is 6.07 Å². The number of ether oxygens (including phenoxy) is 1. The van der Waals surface area contributed by atoms with Crippen LogP contribution in [-0.4, -0.2) is 14.7 Å². The zero-order chi connectivity index (χ0) is 15.6. The number of nitro groups is 1. The molecule has 0 radical (unpaired) electrons. The number of hydrogen-bond acceptors (Lipinski definition) is 4. The molecule has 112 valence electrons. The van der Waals surface area contributed by atoms with Crippen molar-refractivity contribution in [2.75, 3.05) is 0 Å². The topological polar surface area (TPSA) is 70.2 Å². The summed E-state index contributed by atoms with van der Waals surface area (Å²) in [6.07, 6.45) is 0.755. The zero-order valence-electron chi connectivity index (χ0n) is 11.5. The van der Waals surface area contributed by atoms with Gasteiger partial charge in [0.25, 0.3) is 0 Å². The lowest BCUT2D eigenvalue weighted by molar-refractivity contribution is -0.386. The molecule has 0 amide bonds. The molecule has 0 fully saturated rings. The molecule has 0 aliphatic rings. The average Bonchev–Trinajstić information content (AvgIpc) is 2.72. The van der Waals surface area contributed by atoms with E-state index in [2.05, 4.69) is 21.0 Å². The molecule has 1 heterocycles. The predicted molar refractivity (Wildman–Crippen MR) is 77.7 cm³/mol. The summed E-state index contributed by atoms with van der Waals surface area (Å²) in [6.45, 7) is 2.07. The van der Waals surface area contributed by atoms with E-state index in [1.807, 2.05) is 6.92 Å². The number of halogens is 2. The minimum absolute atomic E-state index is 0.0209. The molecule has 0 aliphatic heterocycles. The Balaban J connectivity index is 2.25. The van der Waals surface area contributed by atoms with Crippen LogP contribution in [0.5, 0.6) is 5.75 Å². The molecule has 0 saturated carbocycles. The van der Waals surface area contributed by atoms with Crippen LogP contribution in [0.25, 0.3) is 0 Å². The lowest BCUT2D eigenvalue weighted by Gasteiger charge is -2.07. The molecule has 1 aromatic carbocycles. The van der Waals surface area contributed by atoms with Crippen LogP contribution < -0.4 is 4.74 Å². The second-order valence-corrected chi connectivity index (χ2v) is 5.14. The summed E-state index contributed by atoms with van der Waals surface area (Å²) in [5.41, 5.74) is 1.24. The first-order valence-electron chi connectivity index (χ1n) is 6.21. The van der Waals surface area contributed by atoms with E-state index in [0.29, 0.717) is 0 Å². The van der Waals surface area contributed by atoms with Crippen molar-refractivity contribution >= 4 is 21.6 Å². The van der Waals surface area contributed by atoms with Crippen molar-refractivity contribution in [2.24, 2.45) is 7.05 Å². The Hall–Kier alpha value is -1.96. The summed E-state index contributed by atoms with van der Waals surface area (Å²) in [5, 5.41) is 15.2. The molecule has 8 heteroatoms. The van der Waals surface area contributed by atoms with E-state index in [1.54, 1.807) is 11.7 Å². The third-order valence-electron chi connectivity index (χ3n) is 2.99. The van der Waals surface area contributed by atoms with Gasteiger partial charge >= 0.3 is 5.69 Å². The summed E-state index contributed by atoms with van der Waals surface area (Å²) in [5.74, 6) is -0.656. The van der Waals surface area contributed by atoms with Crippen molar-refractivity contribution in [3.05, 3.63) is 50.0 Å². The van der Waals surface area contributed by atoms with Gasteiger partial charge in [0.05, 0.1) is 26.9 Å². The van der Waals surface area contributed by atoms with Crippen LogP contribution >= 0.6 is 15.9 Å². The van der Waals surface area contributed by atoms with Gasteiger partial charge in [-0.3, -0.25) is 14.8 Å². The first kappa shape index (κ1) is 15.4. The zero-order valence-corrected chi connectivity index (χ0v) is 13.1. The highest BCUT2D eigenvalue weighted by molar-refractivity contribution is 9.10. The minimum atomic E-state index is -0.677. The van der Waals surface area contributed by atoms with Gasteiger partial charge < -0.3 is 4.74 Å². The number of nitro benzene ring substituents is 1. The Morgan fingerprint density at radius 3 is 2.81 bits per heavy atom. The van der Waals surface area contributed by atoms with E-state index >= 15 is 0 Å². The maximum absolute atomic E-state index is 13.1. The van der Waals surface area contributed by atoms with Gasteiger partial charge in [0, 0.05) is 7.05 Å². The van der Waals surface area contributed by atoms with E-state index in [9.17, 15) is 14.5 Å². The second-order valence-electron chi connectivity index (χ2n) is 4.34. The highest BCUT2D eigenvalue weighted by Gasteiger charge is 2.18. The number of rotatable bonds is 5. The molecule has 1 aromatic heterocycles. The van der Waals surface area contributed by atoms with E-state index in [4.69, 9.17) is 4.74 Å². The molecule has 0 saturated heterocycles. The third kappa shape index (κ3) is 3.21. The first-order valence-corrected chi connectivity index (χ1v) is 7.00. The van der Waals surface area contributed by atoms with Gasteiger partial charge in [-0.05, 0) is 34.5 Å². The fourth-order valence-electron chi connectivity index (χ4n) is 1.88. The van der Waals surface area contributed by atoms with E-state index in [-0.39, 0.29) is 12.4 Å². The van der Waals surface area contributed by atoms with Gasteiger partial charge in [-0.2, -0.15) is 5.10 Å². The molecule has 6 nitrogen and oxygen atoms in total. The van der Waals surface area contributed by atoms with E-state index in [0.717, 1.165) is 34.4 Å². The molecule has 0 unspecified atom stereocenters. The Morgan fingerprint density at radius 2 is 2.24 bits per heavy atom. The fourth-order valence-corrected chi connectivity index (χ4v) is 2.61. The smallest absolute Gasteiger partial charge is 0.313 e. The molecular weight excluding hydrogens is 345 g/mol. The standard InChI is InChI=1S/C13H13BrFN3O3/c1-3-9-13(14)11(17(2)16-9)7-21-12-5-4-8(15)6-10(12)18(19)20/h4-6H,3,7H2,1-2H3. The van der Waals surface area contributed by atoms with Gasteiger partial charge in [0.1, 0.15) is 12.4 Å². The molecule has 21 heavy (non-hydrogen) atoms. The Morgan fingerprint density at radius 1 is 1.52 bits per heavy atom. The lowest BCUT2D eigenvalue weighted by Crippen LogP contribution is -2.05. The van der Waals surface area contributed by atoms with Crippen LogP contribution in [0.1, 0.15) is 18.3 Å². The second kappa shape index (κ2) is 6.21. The van der Waals surface area contributed by atoms with Crippen LogP contribution in [-0.2, 0) is 20.1 Å². The molecule has 0 atom stereocenters. The minimum Gasteiger partial charge on any atom is -0.480 e. The maximum atomic E-state index is 13.1. The number of benzene rings is 1. The molecule has 0 spiro atoms. The fraction of sp³-hybridized carbons (Fsp3) is 0.308. The highest BCUT2D eigenvalue weighted by atomic mass is 79.9. The average molecular weight is 358 g/mol. The molecular formula is C13H13BrFN3O3. The summed E-state index contributed by atoms with van der Waals surface area (Å²) in [7, 11) is 1.77. The van der Waals surface area contributed by atoms with Crippen molar-refractivity contribution in [2.45, 2.75) is 20.0 Å². The lowest BCUT2D eigenvalue weighted by atomic mass is 10.3. The van der Waals surface area contributed by atoms with E-state index < -0.39 is 16.4 Å². The number of hydrogen-bond donors (Lipinski definition) is 0. The third-order valence-corrected chi connectivity index (χ3v) is 3.90. The van der Waals surface area contributed by atoms with Crippen molar-refractivity contribution in [1.29, 1.82) is 0 Å². The molecule has 0 N–H and O–H groups in total. The highest BCUT2D eigenvalue weighted by Crippen LogP contribution is 2.29. The van der Waals surface area contributed by atoms with Crippen LogP contribution in [0.2, 0.25) is 0 Å². The number of aromatic nitrogens is 2. The number of nitrogens with zero attached hydrogens (tertiary/aromatic N) is 3. The maximum Gasteiger partial charge on any atom is 0.313 e. The molecule has 2 rings (SSSR count). The van der Waals surface area contributed by atoms with Gasteiger partial charge in [0.15, 0.2) is 5.75 Å². The Labute approximate surface area is 128 Å². The normalized spacial score (nSPS) is 10.7. The molecule has 0 aliphatic carbocycles. The SMILES string of the molecule is CCc1nn(C)c(COc2ccc(F)cc2[N+](=O)[O-])c1Br. The quantitative estimate of drug-likeness (QED) is 0.607. The van der Waals surface area contributed by atoms with Crippen LogP contribution in [0.3, 0.4) is 0 Å². The summed E-state index contributed by atoms with van der Waals surface area (Å²) in [6, 6.07) is 3.21. The van der Waals surface area contributed by atoms with Crippen molar-refractivity contribution < 1.29 is 14.1 Å². The van der Waals surface area contributed by atoms with Crippen LogP contribution in [0.15, 0.2) is 22.7 Å². The van der Waals surface area contributed by atoms with Gasteiger partial charge in [0.2, 0.25) is 0 Å². The summed E-state index contributed by atoms with van der Waals surface area (Å²) < 4.78 is 21.0. The largest absolute Gasteiger partial charge is 0.480 e. The Kier molecular flexibility index (Phi) is 4.56. The van der Waals surface area contributed by atoms with Crippen molar-refractivity contribution in [3.63, 3.8) is 0 Å². The van der Waals surface area contributed by atoms with Gasteiger partial charge in [-0.15, -0.1) is 0 Å². The van der Waals surface area contributed by atoms with Gasteiger partial charge in [-0.1, -0.05) is 6.92 Å². The first-order chi connectivity index (χ1) is 9.93. The van der Waals surface area contributed by atoms with Crippen LogP contribution in [0.4, 0.5) is 10.1 Å². The molecule has 2 aromatic rings. The van der Waals surface area contributed by atoms with Crippen molar-refractivity contribution in [3.8, 4) is 5.75 Å². The monoisotopic (exact) mass is 357 g/mol. The predicted octanol–water partition coefficient (Wildman–Crippen LogP) is 3.37. The molecule has 0 bridgehead atoms. The summed E-state index contributed by atoms with van der Waals surface area (Å²) >= 11 is 3.44. The summed E-state index contributed by atoms with van der Waals surface area (Å²) in [4.78, 5) is 10.2. The van der Waals surface area contributed by atoms with Gasteiger partial charge in [-0.25, -0.2) is 4.39 Å². The number of aryl methyl sites for hydroxylation is 2. The van der Waals surface area contributed by atoms with Crippen LogP contribution in [0, 0.1) is 15.9 Å². The Bertz CT molecular complexity index is 688.